The molecule has 0 atom stereocenters. The van der Waals surface area contributed by atoms with Crippen LogP contribution in [0.2, 0.25) is 0 Å². The summed E-state index contributed by atoms with van der Waals surface area (Å²) in [4.78, 5) is 8.08. The molecular weight excluding hydrogens is 260 g/mol. The van der Waals surface area contributed by atoms with E-state index in [4.69, 9.17) is 0 Å². The van der Waals surface area contributed by atoms with Crippen molar-refractivity contribution in [1.82, 2.24) is 15.3 Å². The van der Waals surface area contributed by atoms with Crippen molar-refractivity contribution in [2.45, 2.75) is 52.5 Å². The third-order valence-electron chi connectivity index (χ3n) is 3.30. The third kappa shape index (κ3) is 4.46. The van der Waals surface area contributed by atoms with E-state index in [9.17, 15) is 0 Å². The fourth-order valence-electron chi connectivity index (χ4n) is 2.12. The van der Waals surface area contributed by atoms with Gasteiger partial charge in [-0.15, -0.1) is 0 Å². The van der Waals surface area contributed by atoms with Crippen LogP contribution in [0.4, 0.5) is 5.69 Å². The van der Waals surface area contributed by atoms with Crippen LogP contribution in [0.3, 0.4) is 0 Å². The number of aromatic nitrogens is 2. The van der Waals surface area contributed by atoms with Gasteiger partial charge in [0.2, 0.25) is 0 Å². The number of hydrogen-bond donors (Lipinski definition) is 3. The van der Waals surface area contributed by atoms with Crippen molar-refractivity contribution in [3.8, 4) is 0 Å². The average molecular weight is 288 g/mol. The van der Waals surface area contributed by atoms with Crippen LogP contribution in [-0.4, -0.2) is 28.6 Å². The van der Waals surface area contributed by atoms with E-state index in [1.165, 1.54) is 0 Å². The van der Waals surface area contributed by atoms with Gasteiger partial charge in [0.05, 0.1) is 11.0 Å². The van der Waals surface area contributed by atoms with Crippen molar-refractivity contribution in [3.63, 3.8) is 0 Å². The molecule has 1 aromatic heterocycles. The molecule has 0 saturated carbocycles. The summed E-state index contributed by atoms with van der Waals surface area (Å²) in [5.41, 5.74) is 3.45. The van der Waals surface area contributed by atoms with Crippen molar-refractivity contribution >= 4 is 16.7 Å². The normalized spacial score (nSPS) is 12.9. The molecule has 1 aromatic carbocycles. The number of hydrogen-bond acceptors (Lipinski definition) is 3. The van der Waals surface area contributed by atoms with E-state index in [2.05, 4.69) is 80.3 Å². The molecule has 1 heterocycles. The van der Waals surface area contributed by atoms with Gasteiger partial charge in [0.1, 0.15) is 5.82 Å². The number of rotatable bonds is 4. The van der Waals surface area contributed by atoms with Gasteiger partial charge >= 0.3 is 0 Å². The van der Waals surface area contributed by atoms with Gasteiger partial charge in [-0.25, -0.2) is 4.98 Å². The minimum Gasteiger partial charge on any atom is -0.384 e. The van der Waals surface area contributed by atoms with Crippen LogP contribution < -0.4 is 10.6 Å². The van der Waals surface area contributed by atoms with Gasteiger partial charge in [-0.2, -0.15) is 0 Å². The summed E-state index contributed by atoms with van der Waals surface area (Å²) in [5, 5.41) is 6.92. The maximum atomic E-state index is 4.66. The summed E-state index contributed by atoms with van der Waals surface area (Å²) < 4.78 is 0. The molecule has 0 aliphatic heterocycles. The van der Waals surface area contributed by atoms with E-state index in [0.29, 0.717) is 0 Å². The Kier molecular flexibility index (Phi) is 4.28. The number of aromatic amines is 1. The lowest BCUT2D eigenvalue weighted by Crippen LogP contribution is -2.38. The Hall–Kier alpha value is -1.55. The molecule has 0 saturated heterocycles. The summed E-state index contributed by atoms with van der Waals surface area (Å²) in [7, 11) is 0. The molecule has 0 amide bonds. The largest absolute Gasteiger partial charge is 0.384 e. The first-order chi connectivity index (χ1) is 9.65. The highest BCUT2D eigenvalue weighted by atomic mass is 15.0. The molecule has 2 aromatic rings. The Morgan fingerprint density at radius 2 is 1.76 bits per heavy atom. The number of fused-ring (bicyclic) bond motifs is 1. The predicted molar refractivity (Wildman–Crippen MR) is 91.0 cm³/mol. The maximum absolute atomic E-state index is 4.66. The van der Waals surface area contributed by atoms with Crippen molar-refractivity contribution < 1.29 is 0 Å². The highest BCUT2D eigenvalue weighted by molar-refractivity contribution is 5.79. The summed E-state index contributed by atoms with van der Waals surface area (Å²) in [6.45, 7) is 14.9. The highest BCUT2D eigenvalue weighted by Gasteiger charge is 2.18. The van der Waals surface area contributed by atoms with Crippen LogP contribution in [0.15, 0.2) is 18.2 Å². The Morgan fingerprint density at radius 1 is 1.05 bits per heavy atom. The van der Waals surface area contributed by atoms with Crippen LogP contribution in [0.1, 0.15) is 47.4 Å². The van der Waals surface area contributed by atoms with Crippen molar-refractivity contribution in [2.24, 2.45) is 0 Å². The van der Waals surface area contributed by atoms with Gasteiger partial charge in [-0.3, -0.25) is 0 Å². The molecule has 0 fully saturated rings. The Morgan fingerprint density at radius 3 is 2.38 bits per heavy atom. The minimum atomic E-state index is 0.0449. The van der Waals surface area contributed by atoms with Crippen LogP contribution in [0, 0.1) is 0 Å². The molecule has 0 aliphatic carbocycles. The number of nitrogens with zero attached hydrogens (tertiary/aromatic N) is 1. The zero-order valence-electron chi connectivity index (χ0n) is 14.1. The van der Waals surface area contributed by atoms with Crippen LogP contribution in [0.25, 0.3) is 11.0 Å². The first-order valence-corrected chi connectivity index (χ1v) is 7.64. The van der Waals surface area contributed by atoms with Gasteiger partial charge in [0.25, 0.3) is 0 Å². The van der Waals surface area contributed by atoms with Gasteiger partial charge in [-0.05, 0) is 39.0 Å². The van der Waals surface area contributed by atoms with Gasteiger partial charge in [0, 0.05) is 29.7 Å². The second kappa shape index (κ2) is 5.68. The van der Waals surface area contributed by atoms with E-state index >= 15 is 0 Å². The van der Waals surface area contributed by atoms with Crippen molar-refractivity contribution in [3.05, 3.63) is 24.0 Å². The minimum absolute atomic E-state index is 0.0449. The van der Waals surface area contributed by atoms with E-state index in [0.717, 1.165) is 35.6 Å². The van der Waals surface area contributed by atoms with E-state index in [1.807, 2.05) is 0 Å². The monoisotopic (exact) mass is 288 g/mol. The maximum Gasteiger partial charge on any atom is 0.112 e. The number of H-pyrrole nitrogens is 1. The number of imidazole rings is 1. The lowest BCUT2D eigenvalue weighted by Gasteiger charge is -2.20. The standard InChI is InChI=1S/C17H28N4/c1-16(2,3)15-20-13-8-7-12(11-14(13)21-15)18-9-10-19-17(4,5)6/h7-8,11,18-19H,9-10H2,1-6H3,(H,20,21). The average Bonchev–Trinajstić information content (AvgIpc) is 2.76. The molecule has 0 radical (unpaired) electrons. The molecule has 0 bridgehead atoms. The number of benzene rings is 1. The van der Waals surface area contributed by atoms with Gasteiger partial charge in [-0.1, -0.05) is 20.8 Å². The second-order valence-electron chi connectivity index (χ2n) is 7.67. The highest BCUT2D eigenvalue weighted by Crippen LogP contribution is 2.24. The fraction of sp³-hybridized carbons (Fsp3) is 0.588. The molecule has 0 aliphatic rings. The Bertz CT molecular complexity index is 599. The molecule has 3 N–H and O–H groups in total. The molecular formula is C17H28N4. The van der Waals surface area contributed by atoms with Crippen molar-refractivity contribution in [1.29, 1.82) is 0 Å². The molecule has 0 spiro atoms. The van der Waals surface area contributed by atoms with E-state index in [1.54, 1.807) is 0 Å². The summed E-state index contributed by atoms with van der Waals surface area (Å²) in [6, 6.07) is 6.29. The van der Waals surface area contributed by atoms with Crippen LogP contribution >= 0.6 is 0 Å². The Labute approximate surface area is 127 Å². The first-order valence-electron chi connectivity index (χ1n) is 7.64. The summed E-state index contributed by atoms with van der Waals surface area (Å²) in [5.74, 6) is 1.03. The zero-order valence-corrected chi connectivity index (χ0v) is 14.1. The number of nitrogens with one attached hydrogen (secondary N) is 3. The molecule has 4 nitrogen and oxygen atoms in total. The molecule has 4 heteroatoms. The van der Waals surface area contributed by atoms with Gasteiger partial charge < -0.3 is 15.6 Å². The SMILES string of the molecule is CC(C)(C)NCCNc1ccc2nc(C(C)(C)C)[nH]c2c1. The Balaban J connectivity index is 2.02. The summed E-state index contributed by atoms with van der Waals surface area (Å²) in [6.07, 6.45) is 0. The quantitative estimate of drug-likeness (QED) is 0.753. The van der Waals surface area contributed by atoms with E-state index < -0.39 is 0 Å². The molecule has 116 valence electrons. The molecule has 21 heavy (non-hydrogen) atoms. The topological polar surface area (TPSA) is 52.7 Å². The van der Waals surface area contributed by atoms with Crippen LogP contribution in [0.5, 0.6) is 0 Å². The predicted octanol–water partition coefficient (Wildman–Crippen LogP) is 3.66. The summed E-state index contributed by atoms with van der Waals surface area (Å²) >= 11 is 0. The smallest absolute Gasteiger partial charge is 0.112 e. The zero-order chi connectivity index (χ0) is 15.7. The fourth-order valence-corrected chi connectivity index (χ4v) is 2.12. The second-order valence-corrected chi connectivity index (χ2v) is 7.67. The molecule has 2 rings (SSSR count). The lowest BCUT2D eigenvalue weighted by molar-refractivity contribution is 0.435. The van der Waals surface area contributed by atoms with E-state index in [-0.39, 0.29) is 11.0 Å². The molecule has 0 unspecified atom stereocenters. The van der Waals surface area contributed by atoms with Crippen molar-refractivity contribution in [2.75, 3.05) is 18.4 Å². The van der Waals surface area contributed by atoms with Crippen LogP contribution in [-0.2, 0) is 5.41 Å². The third-order valence-corrected chi connectivity index (χ3v) is 3.30. The first kappa shape index (κ1) is 15.8. The number of anilines is 1. The van der Waals surface area contributed by atoms with Gasteiger partial charge in [0.15, 0.2) is 0 Å². The lowest BCUT2D eigenvalue weighted by atomic mass is 9.96.